The standard InChI is InChI=1S/C23H25N3O/c1-16(2)14-19-20-21(18-12-8-5-9-13-18)26(15-17-10-6-4-7-11-17)23(27)22(20)25(3)24-19/h4-13,16,21H,14-15H2,1-3H3. The van der Waals surface area contributed by atoms with Crippen molar-refractivity contribution in [3.05, 3.63) is 88.7 Å². The van der Waals surface area contributed by atoms with E-state index in [2.05, 4.69) is 38.1 Å². The van der Waals surface area contributed by atoms with E-state index in [0.717, 1.165) is 34.5 Å². The van der Waals surface area contributed by atoms with Crippen molar-refractivity contribution in [3.63, 3.8) is 0 Å². The quantitative estimate of drug-likeness (QED) is 0.679. The fraction of sp³-hybridized carbons (Fsp3) is 0.304. The van der Waals surface area contributed by atoms with Crippen LogP contribution in [-0.4, -0.2) is 20.6 Å². The molecule has 4 rings (SSSR count). The highest BCUT2D eigenvalue weighted by atomic mass is 16.2. The number of nitrogens with zero attached hydrogens (tertiary/aromatic N) is 3. The van der Waals surface area contributed by atoms with Gasteiger partial charge in [0, 0.05) is 19.2 Å². The normalized spacial score (nSPS) is 16.2. The topological polar surface area (TPSA) is 38.1 Å². The van der Waals surface area contributed by atoms with Gasteiger partial charge in [0.2, 0.25) is 0 Å². The first-order valence-corrected chi connectivity index (χ1v) is 9.52. The van der Waals surface area contributed by atoms with Crippen LogP contribution >= 0.6 is 0 Å². The van der Waals surface area contributed by atoms with Crippen LogP contribution in [0.3, 0.4) is 0 Å². The molecule has 1 aromatic heterocycles. The summed E-state index contributed by atoms with van der Waals surface area (Å²) >= 11 is 0. The van der Waals surface area contributed by atoms with Crippen molar-refractivity contribution in [1.82, 2.24) is 14.7 Å². The third-order valence-electron chi connectivity index (χ3n) is 5.12. The number of aryl methyl sites for hydroxylation is 1. The molecule has 1 aliphatic rings. The molecule has 0 N–H and O–H groups in total. The van der Waals surface area contributed by atoms with Crippen LogP contribution in [0.5, 0.6) is 0 Å². The summed E-state index contributed by atoms with van der Waals surface area (Å²) in [6, 6.07) is 20.4. The third kappa shape index (κ3) is 3.16. The third-order valence-corrected chi connectivity index (χ3v) is 5.12. The zero-order chi connectivity index (χ0) is 19.0. The lowest BCUT2D eigenvalue weighted by Crippen LogP contribution is -2.30. The first-order valence-electron chi connectivity index (χ1n) is 9.52. The first kappa shape index (κ1) is 17.5. The molecule has 0 aliphatic carbocycles. The van der Waals surface area contributed by atoms with Crippen molar-refractivity contribution in [2.45, 2.75) is 32.9 Å². The summed E-state index contributed by atoms with van der Waals surface area (Å²) < 4.78 is 1.77. The minimum Gasteiger partial charge on any atom is -0.322 e. The minimum atomic E-state index is -0.0867. The summed E-state index contributed by atoms with van der Waals surface area (Å²) in [6.45, 7) is 4.98. The van der Waals surface area contributed by atoms with Crippen LogP contribution in [0.15, 0.2) is 60.7 Å². The highest BCUT2D eigenvalue weighted by Gasteiger charge is 2.42. The second kappa shape index (κ2) is 7.03. The van der Waals surface area contributed by atoms with Crippen molar-refractivity contribution >= 4 is 5.91 Å². The highest BCUT2D eigenvalue weighted by molar-refractivity contribution is 5.98. The molecule has 4 nitrogen and oxygen atoms in total. The summed E-state index contributed by atoms with van der Waals surface area (Å²) in [5, 5.41) is 4.71. The molecule has 138 valence electrons. The fourth-order valence-electron chi connectivity index (χ4n) is 4.01. The molecule has 0 saturated carbocycles. The van der Waals surface area contributed by atoms with Gasteiger partial charge < -0.3 is 4.90 Å². The summed E-state index contributed by atoms with van der Waals surface area (Å²) in [5.74, 6) is 0.548. The van der Waals surface area contributed by atoms with E-state index in [1.807, 2.05) is 48.3 Å². The number of fused-ring (bicyclic) bond motifs is 1. The van der Waals surface area contributed by atoms with Gasteiger partial charge in [0.1, 0.15) is 5.69 Å². The molecule has 0 bridgehead atoms. The Hall–Kier alpha value is -2.88. The number of aromatic nitrogens is 2. The van der Waals surface area contributed by atoms with E-state index in [0.29, 0.717) is 12.5 Å². The molecule has 1 unspecified atom stereocenters. The summed E-state index contributed by atoms with van der Waals surface area (Å²) in [6.07, 6.45) is 0.874. The Morgan fingerprint density at radius 1 is 1.00 bits per heavy atom. The molecule has 0 fully saturated rings. The predicted molar refractivity (Wildman–Crippen MR) is 106 cm³/mol. The Morgan fingerprint density at radius 2 is 1.63 bits per heavy atom. The maximum absolute atomic E-state index is 13.4. The van der Waals surface area contributed by atoms with Gasteiger partial charge in [-0.25, -0.2) is 0 Å². The maximum Gasteiger partial charge on any atom is 0.273 e. The predicted octanol–water partition coefficient (Wildman–Crippen LogP) is 4.36. The zero-order valence-corrected chi connectivity index (χ0v) is 16.1. The van der Waals surface area contributed by atoms with Crippen LogP contribution in [0.1, 0.15) is 52.8 Å². The number of benzene rings is 2. The SMILES string of the molecule is CC(C)Cc1nn(C)c2c1C(c1ccccc1)N(Cc1ccccc1)C2=O. The lowest BCUT2D eigenvalue weighted by molar-refractivity contribution is 0.0725. The number of rotatable bonds is 5. The van der Waals surface area contributed by atoms with Gasteiger partial charge >= 0.3 is 0 Å². The van der Waals surface area contributed by atoms with Gasteiger partial charge in [-0.05, 0) is 23.5 Å². The van der Waals surface area contributed by atoms with Crippen molar-refractivity contribution in [1.29, 1.82) is 0 Å². The van der Waals surface area contributed by atoms with Crippen LogP contribution in [0.2, 0.25) is 0 Å². The van der Waals surface area contributed by atoms with Gasteiger partial charge in [0.05, 0.1) is 11.7 Å². The number of hydrogen-bond donors (Lipinski definition) is 0. The fourth-order valence-corrected chi connectivity index (χ4v) is 4.01. The Bertz CT molecular complexity index is 945. The first-order chi connectivity index (χ1) is 13.1. The van der Waals surface area contributed by atoms with Crippen LogP contribution in [0.4, 0.5) is 0 Å². The Labute approximate surface area is 160 Å². The van der Waals surface area contributed by atoms with E-state index in [9.17, 15) is 4.79 Å². The van der Waals surface area contributed by atoms with E-state index in [-0.39, 0.29) is 11.9 Å². The number of carbonyl (C=O) groups excluding carboxylic acids is 1. The van der Waals surface area contributed by atoms with E-state index in [1.54, 1.807) is 4.68 Å². The van der Waals surface area contributed by atoms with Crippen molar-refractivity contribution in [2.24, 2.45) is 13.0 Å². The molecule has 1 atom stereocenters. The maximum atomic E-state index is 13.4. The lowest BCUT2D eigenvalue weighted by Gasteiger charge is -2.26. The molecular weight excluding hydrogens is 334 g/mol. The second-order valence-electron chi connectivity index (χ2n) is 7.66. The molecule has 27 heavy (non-hydrogen) atoms. The molecule has 1 amide bonds. The second-order valence-corrected chi connectivity index (χ2v) is 7.66. The van der Waals surface area contributed by atoms with E-state index in [1.165, 1.54) is 0 Å². The van der Waals surface area contributed by atoms with Gasteiger partial charge in [-0.2, -0.15) is 5.10 Å². The van der Waals surface area contributed by atoms with Gasteiger partial charge in [-0.3, -0.25) is 9.48 Å². The number of amides is 1. The van der Waals surface area contributed by atoms with Gasteiger partial charge in [0.25, 0.3) is 5.91 Å². The molecule has 3 aromatic rings. The average Bonchev–Trinajstić information content (AvgIpc) is 3.12. The number of carbonyl (C=O) groups is 1. The van der Waals surface area contributed by atoms with E-state index < -0.39 is 0 Å². The molecule has 0 spiro atoms. The lowest BCUT2D eigenvalue weighted by atomic mass is 9.95. The zero-order valence-electron chi connectivity index (χ0n) is 16.1. The average molecular weight is 359 g/mol. The van der Waals surface area contributed by atoms with E-state index >= 15 is 0 Å². The van der Waals surface area contributed by atoms with Crippen LogP contribution < -0.4 is 0 Å². The molecule has 4 heteroatoms. The molecule has 1 aliphatic heterocycles. The van der Waals surface area contributed by atoms with Crippen molar-refractivity contribution in [3.8, 4) is 0 Å². The van der Waals surface area contributed by atoms with Crippen LogP contribution in [0, 0.1) is 5.92 Å². The van der Waals surface area contributed by atoms with Crippen molar-refractivity contribution in [2.75, 3.05) is 0 Å². The van der Waals surface area contributed by atoms with Crippen molar-refractivity contribution < 1.29 is 4.79 Å². The smallest absolute Gasteiger partial charge is 0.273 e. The molecule has 2 heterocycles. The summed E-state index contributed by atoms with van der Waals surface area (Å²) in [5.41, 5.74) is 5.13. The summed E-state index contributed by atoms with van der Waals surface area (Å²) in [4.78, 5) is 15.4. The monoisotopic (exact) mass is 359 g/mol. The highest BCUT2D eigenvalue weighted by Crippen LogP contribution is 2.41. The summed E-state index contributed by atoms with van der Waals surface area (Å²) in [7, 11) is 1.88. The minimum absolute atomic E-state index is 0.0627. The number of hydrogen-bond acceptors (Lipinski definition) is 2. The van der Waals surface area contributed by atoms with Crippen LogP contribution in [0.25, 0.3) is 0 Å². The van der Waals surface area contributed by atoms with E-state index in [4.69, 9.17) is 5.10 Å². The largest absolute Gasteiger partial charge is 0.322 e. The molecular formula is C23H25N3O. The van der Waals surface area contributed by atoms with Crippen LogP contribution in [-0.2, 0) is 20.0 Å². The molecule has 2 aromatic carbocycles. The Morgan fingerprint density at radius 3 is 2.26 bits per heavy atom. The molecule has 0 saturated heterocycles. The van der Waals surface area contributed by atoms with Gasteiger partial charge in [0.15, 0.2) is 0 Å². The van der Waals surface area contributed by atoms with Gasteiger partial charge in [-0.1, -0.05) is 74.5 Å². The van der Waals surface area contributed by atoms with Gasteiger partial charge in [-0.15, -0.1) is 0 Å². The molecule has 0 radical (unpaired) electrons. The Kier molecular flexibility index (Phi) is 4.56. The Balaban J connectivity index is 1.83.